The van der Waals surface area contributed by atoms with Gasteiger partial charge >= 0.3 is 12.1 Å². The Morgan fingerprint density at radius 3 is 1.87 bits per heavy atom. The van der Waals surface area contributed by atoms with Crippen molar-refractivity contribution in [1.82, 2.24) is 29.9 Å². The number of benzene rings is 2. The number of para-hydroxylation sites is 2. The molecule has 3 N–H and O–H groups in total. The number of pyridine rings is 2. The molecule has 0 radical (unpaired) electrons. The summed E-state index contributed by atoms with van der Waals surface area (Å²) >= 11 is 0. The average molecular weight is 763 g/mol. The number of hydrogen-bond acceptors (Lipinski definition) is 9. The molecule has 4 amide bonds. The van der Waals surface area contributed by atoms with Crippen molar-refractivity contribution >= 4 is 47.5 Å². The third kappa shape index (κ3) is 8.37. The standard InChI is InChI=1S/C22H23N5O3.C17H15N5O2.ClH/c28-22(25-17-6-2-1-3-7-17)26-11-13-29-19-14-16(15-23-21(19)26)18-9-10-24-27(18)20-8-4-5-12-30-20;23-17(20-13-4-2-1-3-5-13)22-8-9-24-15-10-12(11-18-16(15)22)14-6-7-19-21-14;/h1-3,6-7,9-10,14-15,20H,4-5,8,11-13H2,(H,25,28);1-7,10-11H,8-9H2,(H,19,21)(H,20,23);1H. The number of H-pyrrole nitrogens is 1. The molecule has 1 fully saturated rings. The van der Waals surface area contributed by atoms with Gasteiger partial charge in [0.2, 0.25) is 0 Å². The summed E-state index contributed by atoms with van der Waals surface area (Å²) in [5.74, 6) is 2.19. The number of nitrogens with one attached hydrogen (secondary N) is 3. The van der Waals surface area contributed by atoms with Crippen molar-refractivity contribution in [3.8, 4) is 34.0 Å². The maximum absolute atomic E-state index is 12.8. The van der Waals surface area contributed by atoms with Gasteiger partial charge in [0.1, 0.15) is 13.2 Å². The highest BCUT2D eigenvalue weighted by Gasteiger charge is 2.28. The Morgan fingerprint density at radius 1 is 0.709 bits per heavy atom. The van der Waals surface area contributed by atoms with Crippen LogP contribution in [0.5, 0.6) is 11.5 Å². The highest BCUT2D eigenvalue weighted by molar-refractivity contribution is 6.03. The predicted octanol–water partition coefficient (Wildman–Crippen LogP) is 7.40. The largest absolute Gasteiger partial charge is 0.488 e. The third-order valence-corrected chi connectivity index (χ3v) is 9.07. The number of carbonyl (C=O) groups is 2. The lowest BCUT2D eigenvalue weighted by atomic mass is 10.1. The van der Waals surface area contributed by atoms with E-state index in [0.29, 0.717) is 49.4 Å². The van der Waals surface area contributed by atoms with Gasteiger partial charge in [0.25, 0.3) is 0 Å². The lowest BCUT2D eigenvalue weighted by molar-refractivity contribution is -0.0383. The van der Waals surface area contributed by atoms with Gasteiger partial charge < -0.3 is 24.8 Å². The number of nitrogens with zero attached hydrogens (tertiary/aromatic N) is 7. The lowest BCUT2D eigenvalue weighted by Crippen LogP contribution is -2.41. The topological polar surface area (TPSA) is 165 Å². The minimum Gasteiger partial charge on any atom is -0.488 e. The number of anilines is 4. The molecule has 1 atom stereocenters. The number of amides is 4. The van der Waals surface area contributed by atoms with Crippen molar-refractivity contribution in [1.29, 1.82) is 0 Å². The van der Waals surface area contributed by atoms with E-state index in [1.54, 1.807) is 34.6 Å². The zero-order valence-electron chi connectivity index (χ0n) is 29.7. The Labute approximate surface area is 323 Å². The number of urea groups is 2. The second-order valence-corrected chi connectivity index (χ2v) is 12.6. The Bertz CT molecular complexity index is 2200. The Morgan fingerprint density at radius 2 is 1.31 bits per heavy atom. The molecule has 3 aliphatic rings. The van der Waals surface area contributed by atoms with Crippen LogP contribution in [-0.2, 0) is 4.74 Å². The molecule has 0 aliphatic carbocycles. The van der Waals surface area contributed by atoms with Crippen LogP contribution < -0.4 is 29.9 Å². The zero-order chi connectivity index (χ0) is 36.7. The van der Waals surface area contributed by atoms with Crippen LogP contribution in [0.2, 0.25) is 0 Å². The second kappa shape index (κ2) is 17.1. The summed E-state index contributed by atoms with van der Waals surface area (Å²) in [6.45, 7) is 2.46. The summed E-state index contributed by atoms with van der Waals surface area (Å²) in [5, 5.41) is 17.1. The highest BCUT2D eigenvalue weighted by Crippen LogP contribution is 2.36. The summed E-state index contributed by atoms with van der Waals surface area (Å²) in [4.78, 5) is 37.5. The predicted molar refractivity (Wildman–Crippen MR) is 210 cm³/mol. The second-order valence-electron chi connectivity index (χ2n) is 12.6. The van der Waals surface area contributed by atoms with E-state index < -0.39 is 0 Å². The molecule has 15 nitrogen and oxygen atoms in total. The Hall–Kier alpha value is -6.45. The summed E-state index contributed by atoms with van der Waals surface area (Å²) in [7, 11) is 0. The van der Waals surface area contributed by atoms with Gasteiger partial charge in [-0.1, -0.05) is 36.4 Å². The molecule has 16 heteroatoms. The van der Waals surface area contributed by atoms with Gasteiger partial charge in [-0.25, -0.2) is 24.2 Å². The normalized spacial score (nSPS) is 15.7. The van der Waals surface area contributed by atoms with Crippen LogP contribution in [0.3, 0.4) is 0 Å². The SMILES string of the molecule is Cl.O=C(Nc1ccccc1)N1CCOc2cc(-c3ccn[nH]3)cnc21.O=C(Nc1ccccc1)N1CCOc2cc(-c3ccnn3C3CCCCO3)cnc21. The van der Waals surface area contributed by atoms with Crippen LogP contribution in [0.1, 0.15) is 25.5 Å². The average Bonchev–Trinajstić information content (AvgIpc) is 3.95. The van der Waals surface area contributed by atoms with E-state index in [0.717, 1.165) is 59.8 Å². The fourth-order valence-electron chi connectivity index (χ4n) is 6.41. The molecule has 0 bridgehead atoms. The van der Waals surface area contributed by atoms with Gasteiger partial charge in [0.15, 0.2) is 29.4 Å². The first-order valence-electron chi connectivity index (χ1n) is 17.8. The molecule has 7 heterocycles. The van der Waals surface area contributed by atoms with Crippen molar-refractivity contribution in [3.05, 3.63) is 110 Å². The fraction of sp³-hybridized carbons (Fsp3) is 0.231. The minimum absolute atomic E-state index is 0. The van der Waals surface area contributed by atoms with Crippen LogP contribution >= 0.6 is 12.4 Å². The van der Waals surface area contributed by atoms with Crippen molar-refractivity contribution < 1.29 is 23.8 Å². The molecule has 1 saturated heterocycles. The summed E-state index contributed by atoms with van der Waals surface area (Å²) in [6, 6.07) is 25.8. The van der Waals surface area contributed by atoms with Gasteiger partial charge in [-0.2, -0.15) is 10.2 Å². The number of aromatic nitrogens is 6. The molecular weight excluding hydrogens is 724 g/mol. The van der Waals surface area contributed by atoms with E-state index in [2.05, 4.69) is 35.9 Å². The van der Waals surface area contributed by atoms with E-state index in [1.165, 1.54) is 0 Å². The number of carbonyl (C=O) groups excluding carboxylic acids is 2. The highest BCUT2D eigenvalue weighted by atomic mass is 35.5. The van der Waals surface area contributed by atoms with E-state index in [4.69, 9.17) is 14.2 Å². The number of hydrogen-bond donors (Lipinski definition) is 3. The number of aromatic amines is 1. The van der Waals surface area contributed by atoms with E-state index in [9.17, 15) is 9.59 Å². The molecule has 0 spiro atoms. The summed E-state index contributed by atoms with van der Waals surface area (Å²) in [6.07, 6.45) is 9.99. The lowest BCUT2D eigenvalue weighted by Gasteiger charge is -2.29. The number of halogens is 1. The van der Waals surface area contributed by atoms with Gasteiger partial charge in [0, 0.05) is 53.9 Å². The zero-order valence-corrected chi connectivity index (χ0v) is 30.5. The summed E-state index contributed by atoms with van der Waals surface area (Å²) in [5.41, 5.74) is 4.99. The van der Waals surface area contributed by atoms with E-state index in [1.807, 2.05) is 89.6 Å². The van der Waals surface area contributed by atoms with Crippen molar-refractivity contribution in [2.45, 2.75) is 25.5 Å². The Kier molecular flexibility index (Phi) is 11.5. The molecule has 55 heavy (non-hydrogen) atoms. The van der Waals surface area contributed by atoms with Crippen LogP contribution in [0.4, 0.5) is 32.6 Å². The quantitative estimate of drug-likeness (QED) is 0.162. The molecule has 282 valence electrons. The van der Waals surface area contributed by atoms with Gasteiger partial charge in [-0.05, 0) is 67.8 Å². The smallest absolute Gasteiger partial charge is 0.327 e. The van der Waals surface area contributed by atoms with Crippen LogP contribution in [0.15, 0.2) is 110 Å². The van der Waals surface area contributed by atoms with Crippen molar-refractivity contribution in [2.24, 2.45) is 0 Å². The number of ether oxygens (including phenoxy) is 3. The molecule has 6 aromatic rings. The molecule has 4 aromatic heterocycles. The van der Waals surface area contributed by atoms with Crippen molar-refractivity contribution in [3.63, 3.8) is 0 Å². The number of fused-ring (bicyclic) bond motifs is 2. The van der Waals surface area contributed by atoms with Crippen molar-refractivity contribution in [2.75, 3.05) is 53.3 Å². The maximum atomic E-state index is 12.8. The van der Waals surface area contributed by atoms with Crippen LogP contribution in [-0.4, -0.2) is 74.9 Å². The summed E-state index contributed by atoms with van der Waals surface area (Å²) < 4.78 is 19.3. The first-order chi connectivity index (χ1) is 26.6. The molecule has 0 saturated carbocycles. The fourth-order valence-corrected chi connectivity index (χ4v) is 6.41. The first kappa shape index (κ1) is 36.9. The minimum atomic E-state index is -0.230. The molecular formula is C39H39ClN10O5. The molecule has 1 unspecified atom stereocenters. The van der Waals surface area contributed by atoms with Gasteiger partial charge in [-0.3, -0.25) is 14.9 Å². The van der Waals surface area contributed by atoms with Crippen LogP contribution in [0.25, 0.3) is 22.5 Å². The number of rotatable bonds is 5. The molecule has 2 aromatic carbocycles. The van der Waals surface area contributed by atoms with Crippen LogP contribution in [0, 0.1) is 0 Å². The van der Waals surface area contributed by atoms with E-state index in [-0.39, 0.29) is 30.7 Å². The molecule has 9 rings (SSSR count). The first-order valence-corrected chi connectivity index (χ1v) is 17.8. The van der Waals surface area contributed by atoms with Gasteiger partial charge in [0.05, 0.1) is 24.5 Å². The van der Waals surface area contributed by atoms with Gasteiger partial charge in [-0.15, -0.1) is 12.4 Å². The third-order valence-electron chi connectivity index (χ3n) is 9.07. The monoisotopic (exact) mass is 762 g/mol. The maximum Gasteiger partial charge on any atom is 0.327 e. The Balaban J connectivity index is 0.000000170. The van der Waals surface area contributed by atoms with E-state index >= 15 is 0 Å². The molecule has 3 aliphatic heterocycles.